The number of thiocarbonyl (C=S) groups is 1. The van der Waals surface area contributed by atoms with Gasteiger partial charge in [0.25, 0.3) is 0 Å². The van der Waals surface area contributed by atoms with E-state index in [1.54, 1.807) is 18.0 Å². The lowest BCUT2D eigenvalue weighted by Gasteiger charge is -2.26. The Bertz CT molecular complexity index is 436. The summed E-state index contributed by atoms with van der Waals surface area (Å²) in [6, 6.07) is 7.35. The predicted molar refractivity (Wildman–Crippen MR) is 74.0 cm³/mol. The molecule has 1 rings (SSSR count). The number of amides is 1. The second-order valence-corrected chi connectivity index (χ2v) is 4.78. The first kappa shape index (κ1) is 13.9. The number of carbonyl (C=O) groups excluding carboxylic acids is 1. The van der Waals surface area contributed by atoms with E-state index in [-0.39, 0.29) is 23.4 Å². The highest BCUT2D eigenvalue weighted by molar-refractivity contribution is 7.80. The summed E-state index contributed by atoms with van der Waals surface area (Å²) in [5, 5.41) is 0.648. The molecule has 0 heterocycles. The number of nitrogens with two attached hydrogens (primary N) is 1. The summed E-state index contributed by atoms with van der Waals surface area (Å²) in [6.07, 6.45) is 0.0840. The van der Waals surface area contributed by atoms with Crippen molar-refractivity contribution in [2.75, 3.05) is 7.05 Å². The molecule has 1 unspecified atom stereocenters. The fourth-order valence-electron chi connectivity index (χ4n) is 1.51. The lowest BCUT2D eigenvalue weighted by Crippen LogP contribution is -2.32. The van der Waals surface area contributed by atoms with Gasteiger partial charge in [-0.25, -0.2) is 0 Å². The fraction of sp³-hybridized carbons (Fsp3) is 0.333. The predicted octanol–water partition coefficient (Wildman–Crippen LogP) is 2.54. The molecule has 0 aromatic heterocycles. The first-order chi connectivity index (χ1) is 7.93. The molecule has 3 nitrogen and oxygen atoms in total. The molecule has 1 aromatic carbocycles. The number of nitrogens with zero attached hydrogens (tertiary/aromatic N) is 1. The van der Waals surface area contributed by atoms with Gasteiger partial charge in [0.2, 0.25) is 5.91 Å². The summed E-state index contributed by atoms with van der Waals surface area (Å²) in [5.41, 5.74) is 6.27. The molecule has 0 fully saturated rings. The zero-order valence-electron chi connectivity index (χ0n) is 9.81. The Balaban J connectivity index is 2.83. The zero-order chi connectivity index (χ0) is 13.0. The second kappa shape index (κ2) is 5.98. The topological polar surface area (TPSA) is 46.3 Å². The summed E-state index contributed by atoms with van der Waals surface area (Å²) < 4.78 is 0. The minimum atomic E-state index is -0.107. The SMILES string of the molecule is CC(c1ccccc1Cl)N(C)C(=O)CC(N)=S. The number of carbonyl (C=O) groups is 1. The molecule has 1 aromatic rings. The third-order valence-corrected chi connectivity index (χ3v) is 3.14. The quantitative estimate of drug-likeness (QED) is 0.856. The molecule has 1 amide bonds. The van der Waals surface area contributed by atoms with Crippen molar-refractivity contribution < 1.29 is 4.79 Å². The molecule has 0 spiro atoms. The van der Waals surface area contributed by atoms with Crippen molar-refractivity contribution in [2.45, 2.75) is 19.4 Å². The Morgan fingerprint density at radius 2 is 2.12 bits per heavy atom. The van der Waals surface area contributed by atoms with Gasteiger partial charge in [-0.15, -0.1) is 0 Å². The fourth-order valence-corrected chi connectivity index (χ4v) is 1.93. The average Bonchev–Trinajstić information content (AvgIpc) is 2.27. The Morgan fingerprint density at radius 3 is 2.65 bits per heavy atom. The van der Waals surface area contributed by atoms with Crippen LogP contribution in [0, 0.1) is 0 Å². The van der Waals surface area contributed by atoms with E-state index in [9.17, 15) is 4.79 Å². The van der Waals surface area contributed by atoms with Crippen molar-refractivity contribution >= 4 is 34.7 Å². The summed E-state index contributed by atoms with van der Waals surface area (Å²) in [6.45, 7) is 1.92. The van der Waals surface area contributed by atoms with Crippen LogP contribution in [0.5, 0.6) is 0 Å². The van der Waals surface area contributed by atoms with Crippen molar-refractivity contribution in [1.29, 1.82) is 0 Å². The number of benzene rings is 1. The van der Waals surface area contributed by atoms with E-state index in [1.165, 1.54) is 0 Å². The van der Waals surface area contributed by atoms with Gasteiger partial charge in [-0.3, -0.25) is 4.79 Å². The first-order valence-corrected chi connectivity index (χ1v) is 6.00. The normalized spacial score (nSPS) is 11.9. The van der Waals surface area contributed by atoms with E-state index in [1.807, 2.05) is 25.1 Å². The van der Waals surface area contributed by atoms with Crippen LogP contribution in [-0.2, 0) is 4.79 Å². The summed E-state index contributed by atoms with van der Waals surface area (Å²) in [7, 11) is 1.72. The Morgan fingerprint density at radius 1 is 1.53 bits per heavy atom. The van der Waals surface area contributed by atoms with Gasteiger partial charge in [-0.1, -0.05) is 42.0 Å². The molecule has 0 saturated heterocycles. The largest absolute Gasteiger partial charge is 0.393 e. The van der Waals surface area contributed by atoms with Crippen molar-refractivity contribution in [1.82, 2.24) is 4.90 Å². The maximum absolute atomic E-state index is 11.8. The van der Waals surface area contributed by atoms with E-state index in [0.717, 1.165) is 5.56 Å². The van der Waals surface area contributed by atoms with E-state index in [2.05, 4.69) is 0 Å². The minimum Gasteiger partial charge on any atom is -0.393 e. The molecule has 0 aliphatic carbocycles. The summed E-state index contributed by atoms with van der Waals surface area (Å²) >= 11 is 10.8. The molecule has 0 aliphatic heterocycles. The second-order valence-electron chi connectivity index (χ2n) is 3.85. The van der Waals surface area contributed by atoms with Crippen molar-refractivity contribution in [2.24, 2.45) is 5.73 Å². The monoisotopic (exact) mass is 270 g/mol. The third-order valence-electron chi connectivity index (χ3n) is 2.66. The van der Waals surface area contributed by atoms with Crippen molar-refractivity contribution in [3.8, 4) is 0 Å². The molecule has 17 heavy (non-hydrogen) atoms. The number of hydrogen-bond donors (Lipinski definition) is 1. The maximum Gasteiger partial charge on any atom is 0.229 e. The van der Waals surface area contributed by atoms with Crippen LogP contribution in [0.3, 0.4) is 0 Å². The zero-order valence-corrected chi connectivity index (χ0v) is 11.4. The Kier molecular flexibility index (Phi) is 4.90. The lowest BCUT2D eigenvalue weighted by atomic mass is 10.1. The molecule has 0 radical (unpaired) electrons. The summed E-state index contributed by atoms with van der Waals surface area (Å²) in [5.74, 6) is -0.107. The molecule has 2 N–H and O–H groups in total. The highest BCUT2D eigenvalue weighted by Crippen LogP contribution is 2.26. The lowest BCUT2D eigenvalue weighted by molar-refractivity contribution is -0.130. The Labute approximate surface area is 112 Å². The number of halogens is 1. The van der Waals surface area contributed by atoms with Crippen LogP contribution in [0.2, 0.25) is 5.02 Å². The van der Waals surface area contributed by atoms with Crippen LogP contribution in [0.1, 0.15) is 24.9 Å². The molecule has 1 atom stereocenters. The van der Waals surface area contributed by atoms with E-state index < -0.39 is 0 Å². The molecule has 5 heteroatoms. The third kappa shape index (κ3) is 3.68. The summed E-state index contributed by atoms with van der Waals surface area (Å²) in [4.78, 5) is 13.6. The van der Waals surface area contributed by atoms with Gasteiger partial charge in [0.05, 0.1) is 17.5 Å². The van der Waals surface area contributed by atoms with Crippen LogP contribution >= 0.6 is 23.8 Å². The number of rotatable bonds is 4. The van der Waals surface area contributed by atoms with Crippen molar-refractivity contribution in [3.05, 3.63) is 34.9 Å². The van der Waals surface area contributed by atoms with Gasteiger partial charge >= 0.3 is 0 Å². The van der Waals surface area contributed by atoms with Crippen LogP contribution < -0.4 is 5.73 Å². The van der Waals surface area contributed by atoms with E-state index >= 15 is 0 Å². The van der Waals surface area contributed by atoms with Crippen LogP contribution in [0.4, 0.5) is 0 Å². The first-order valence-electron chi connectivity index (χ1n) is 5.22. The van der Waals surface area contributed by atoms with Gasteiger partial charge in [0, 0.05) is 12.1 Å². The maximum atomic E-state index is 11.8. The van der Waals surface area contributed by atoms with Crippen LogP contribution in [0.15, 0.2) is 24.3 Å². The molecule has 0 aliphatic rings. The standard InChI is InChI=1S/C12H15ClN2OS/c1-8(9-5-3-4-6-10(9)13)15(2)12(16)7-11(14)17/h3-6,8H,7H2,1-2H3,(H2,14,17). The highest BCUT2D eigenvalue weighted by atomic mass is 35.5. The highest BCUT2D eigenvalue weighted by Gasteiger charge is 2.19. The van der Waals surface area contributed by atoms with Crippen LogP contribution in [0.25, 0.3) is 0 Å². The van der Waals surface area contributed by atoms with Gasteiger partial charge in [0.15, 0.2) is 0 Å². The minimum absolute atomic E-state index is 0.0840. The average molecular weight is 271 g/mol. The van der Waals surface area contributed by atoms with E-state index in [4.69, 9.17) is 29.6 Å². The number of hydrogen-bond acceptors (Lipinski definition) is 2. The van der Waals surface area contributed by atoms with E-state index in [0.29, 0.717) is 5.02 Å². The van der Waals surface area contributed by atoms with Gasteiger partial charge in [-0.2, -0.15) is 0 Å². The molecule has 0 saturated carbocycles. The molecular weight excluding hydrogens is 256 g/mol. The van der Waals surface area contributed by atoms with Crippen LogP contribution in [-0.4, -0.2) is 22.8 Å². The van der Waals surface area contributed by atoms with Gasteiger partial charge in [-0.05, 0) is 18.6 Å². The molecule has 0 bridgehead atoms. The molecular formula is C12H15ClN2OS. The van der Waals surface area contributed by atoms with Gasteiger partial charge < -0.3 is 10.6 Å². The molecule has 92 valence electrons. The van der Waals surface area contributed by atoms with Gasteiger partial charge in [0.1, 0.15) is 0 Å². The van der Waals surface area contributed by atoms with Crippen molar-refractivity contribution in [3.63, 3.8) is 0 Å². The Hall–Kier alpha value is -1.13. The smallest absolute Gasteiger partial charge is 0.229 e.